The summed E-state index contributed by atoms with van der Waals surface area (Å²) in [6.07, 6.45) is 5.05. The Balaban J connectivity index is 2.26. The molecule has 1 heterocycles. The third kappa shape index (κ3) is 4.58. The lowest BCUT2D eigenvalue weighted by Gasteiger charge is -2.22. The minimum Gasteiger partial charge on any atom is -0.481 e. The average Bonchev–Trinajstić information content (AvgIpc) is 2.60. The van der Waals surface area contributed by atoms with Gasteiger partial charge in [-0.05, 0) is 38.2 Å². The summed E-state index contributed by atoms with van der Waals surface area (Å²) < 4.78 is 21.0. The van der Waals surface area contributed by atoms with Gasteiger partial charge >= 0.3 is 12.0 Å². The number of nitrogens with zero attached hydrogens (tertiary/aromatic N) is 2. The molecule has 1 unspecified atom stereocenters. The van der Waals surface area contributed by atoms with Crippen molar-refractivity contribution in [3.63, 3.8) is 0 Å². The summed E-state index contributed by atoms with van der Waals surface area (Å²) in [5.74, 6) is 0.158. The fourth-order valence-corrected chi connectivity index (χ4v) is 2.35. The minimum absolute atomic E-state index is 0.0192. The van der Waals surface area contributed by atoms with Crippen LogP contribution < -0.4 is 14.2 Å². The summed E-state index contributed by atoms with van der Waals surface area (Å²) in [4.78, 5) is 20.5. The van der Waals surface area contributed by atoms with Crippen molar-refractivity contribution in [1.82, 2.24) is 9.97 Å². The zero-order valence-electron chi connectivity index (χ0n) is 13.7. The molecule has 1 aliphatic rings. The van der Waals surface area contributed by atoms with E-state index in [9.17, 15) is 4.79 Å². The highest BCUT2D eigenvalue weighted by Gasteiger charge is 2.28. The summed E-state index contributed by atoms with van der Waals surface area (Å²) in [7, 11) is 2.97. The molecule has 0 aromatic carbocycles. The van der Waals surface area contributed by atoms with Gasteiger partial charge in [-0.1, -0.05) is 6.08 Å². The number of methoxy groups -OCH3 is 2. The van der Waals surface area contributed by atoms with E-state index in [0.717, 1.165) is 31.3 Å². The highest BCUT2D eigenvalue weighted by molar-refractivity contribution is 5.78. The summed E-state index contributed by atoms with van der Waals surface area (Å²) >= 11 is 0. The van der Waals surface area contributed by atoms with E-state index < -0.39 is 12.1 Å². The molecule has 0 N–H and O–H groups in total. The van der Waals surface area contributed by atoms with Gasteiger partial charge in [-0.2, -0.15) is 9.97 Å². The Labute approximate surface area is 135 Å². The van der Waals surface area contributed by atoms with Crippen molar-refractivity contribution in [2.24, 2.45) is 0 Å². The molecule has 0 spiro atoms. The Kier molecular flexibility index (Phi) is 6.19. The third-order valence-corrected chi connectivity index (χ3v) is 3.46. The van der Waals surface area contributed by atoms with E-state index in [2.05, 4.69) is 9.97 Å². The van der Waals surface area contributed by atoms with Crippen molar-refractivity contribution in [2.45, 2.75) is 38.7 Å². The maximum absolute atomic E-state index is 12.2. The summed E-state index contributed by atoms with van der Waals surface area (Å²) in [5, 5.41) is 0. The van der Waals surface area contributed by atoms with Crippen LogP contribution in [0.15, 0.2) is 17.7 Å². The van der Waals surface area contributed by atoms with Crippen LogP contribution in [0.25, 0.3) is 0 Å². The molecule has 0 bridgehead atoms. The molecule has 0 fully saturated rings. The highest BCUT2D eigenvalue weighted by Crippen LogP contribution is 2.25. The van der Waals surface area contributed by atoms with Crippen LogP contribution in [0.5, 0.6) is 17.8 Å². The predicted octanol–water partition coefficient (Wildman–Crippen LogP) is 2.30. The van der Waals surface area contributed by atoms with Crippen LogP contribution in [-0.2, 0) is 9.53 Å². The first kappa shape index (κ1) is 17.1. The fourth-order valence-electron chi connectivity index (χ4n) is 2.35. The smallest absolute Gasteiger partial charge is 0.351 e. The van der Waals surface area contributed by atoms with Gasteiger partial charge in [0, 0.05) is 0 Å². The van der Waals surface area contributed by atoms with E-state index >= 15 is 0 Å². The van der Waals surface area contributed by atoms with Gasteiger partial charge in [-0.3, -0.25) is 0 Å². The number of carbonyl (C=O) groups is 1. The van der Waals surface area contributed by atoms with Gasteiger partial charge in [0.25, 0.3) is 0 Å². The Hall–Kier alpha value is -2.31. The van der Waals surface area contributed by atoms with E-state index in [1.54, 1.807) is 6.92 Å². The first-order valence-corrected chi connectivity index (χ1v) is 7.67. The average molecular weight is 322 g/mol. The lowest BCUT2D eigenvalue weighted by atomic mass is 9.95. The minimum atomic E-state index is -0.841. The van der Waals surface area contributed by atoms with Crippen LogP contribution in [0.3, 0.4) is 0 Å². The normalized spacial score (nSPS) is 15.3. The highest BCUT2D eigenvalue weighted by atomic mass is 16.6. The summed E-state index contributed by atoms with van der Waals surface area (Å²) in [5.41, 5.74) is 0.903. The van der Waals surface area contributed by atoms with Crippen molar-refractivity contribution in [3.05, 3.63) is 17.7 Å². The Morgan fingerprint density at radius 2 is 1.91 bits per heavy atom. The molecule has 0 radical (unpaired) electrons. The fraction of sp³-hybridized carbons (Fsp3) is 0.562. The Morgan fingerprint density at radius 3 is 2.43 bits per heavy atom. The van der Waals surface area contributed by atoms with Crippen molar-refractivity contribution < 1.29 is 23.7 Å². The molecule has 0 saturated heterocycles. The number of esters is 1. The van der Waals surface area contributed by atoms with Crippen molar-refractivity contribution in [3.8, 4) is 17.8 Å². The molecule has 1 aliphatic carbocycles. The largest absolute Gasteiger partial charge is 0.481 e. The molecule has 1 aromatic heterocycles. The second kappa shape index (κ2) is 8.36. The van der Waals surface area contributed by atoms with Crippen LogP contribution in [0.2, 0.25) is 0 Å². The zero-order chi connectivity index (χ0) is 16.7. The van der Waals surface area contributed by atoms with E-state index in [-0.39, 0.29) is 12.6 Å². The molecule has 1 atom stereocenters. The molecule has 2 rings (SSSR count). The Bertz CT molecular complexity index is 551. The molecule has 126 valence electrons. The molecule has 0 saturated carbocycles. The maximum Gasteiger partial charge on any atom is 0.351 e. The number of ether oxygens (including phenoxy) is 4. The second-order valence-electron chi connectivity index (χ2n) is 5.01. The van der Waals surface area contributed by atoms with Gasteiger partial charge in [0.05, 0.1) is 26.9 Å². The molecule has 23 heavy (non-hydrogen) atoms. The van der Waals surface area contributed by atoms with Crippen LogP contribution >= 0.6 is 0 Å². The lowest BCUT2D eigenvalue weighted by Crippen LogP contribution is -2.32. The van der Waals surface area contributed by atoms with Crippen LogP contribution in [0.4, 0.5) is 0 Å². The second-order valence-corrected chi connectivity index (χ2v) is 5.01. The molecule has 0 aliphatic heterocycles. The van der Waals surface area contributed by atoms with Gasteiger partial charge in [-0.25, -0.2) is 4.79 Å². The molecule has 1 aromatic rings. The topological polar surface area (TPSA) is 79.8 Å². The van der Waals surface area contributed by atoms with Crippen LogP contribution in [0, 0.1) is 0 Å². The van der Waals surface area contributed by atoms with Gasteiger partial charge in [0.2, 0.25) is 17.9 Å². The number of aromatic nitrogens is 2. The van der Waals surface area contributed by atoms with E-state index in [1.165, 1.54) is 20.3 Å². The number of hydrogen-bond acceptors (Lipinski definition) is 7. The van der Waals surface area contributed by atoms with E-state index in [0.29, 0.717) is 11.8 Å². The molecular formula is C16H22N2O5. The Morgan fingerprint density at radius 1 is 1.22 bits per heavy atom. The van der Waals surface area contributed by atoms with E-state index in [4.69, 9.17) is 18.9 Å². The summed E-state index contributed by atoms with van der Waals surface area (Å²) in [6, 6.07) is 1.55. The quantitative estimate of drug-likeness (QED) is 0.563. The standard InChI is InChI=1S/C16H22N2O5/c1-4-22-15(19)14(11-8-6-5-7-9-11)23-16-17-12(20-2)10-13(18-16)21-3/h8,10,14H,4-7,9H2,1-3H3. The molecule has 7 heteroatoms. The number of carbonyl (C=O) groups excluding carboxylic acids is 1. The van der Waals surface area contributed by atoms with E-state index in [1.807, 2.05) is 6.08 Å². The van der Waals surface area contributed by atoms with Crippen LogP contribution in [-0.4, -0.2) is 42.9 Å². The number of hydrogen-bond donors (Lipinski definition) is 0. The molecular weight excluding hydrogens is 300 g/mol. The first-order valence-electron chi connectivity index (χ1n) is 7.67. The SMILES string of the molecule is CCOC(=O)C(Oc1nc(OC)cc(OC)n1)C1=CCCCC1. The zero-order valence-corrected chi connectivity index (χ0v) is 13.7. The predicted molar refractivity (Wildman–Crippen MR) is 82.7 cm³/mol. The molecule has 0 amide bonds. The molecule has 7 nitrogen and oxygen atoms in total. The number of allylic oxidation sites excluding steroid dienone is 1. The van der Waals surface area contributed by atoms with Gasteiger partial charge in [0.15, 0.2) is 0 Å². The van der Waals surface area contributed by atoms with Crippen LogP contribution in [0.1, 0.15) is 32.6 Å². The number of rotatable bonds is 7. The van der Waals surface area contributed by atoms with Gasteiger partial charge < -0.3 is 18.9 Å². The maximum atomic E-state index is 12.2. The van der Waals surface area contributed by atoms with Gasteiger partial charge in [-0.15, -0.1) is 0 Å². The van der Waals surface area contributed by atoms with Crippen molar-refractivity contribution in [1.29, 1.82) is 0 Å². The summed E-state index contributed by atoms with van der Waals surface area (Å²) in [6.45, 7) is 2.05. The van der Waals surface area contributed by atoms with Crippen molar-refractivity contribution in [2.75, 3.05) is 20.8 Å². The van der Waals surface area contributed by atoms with Gasteiger partial charge in [0.1, 0.15) is 0 Å². The first-order chi connectivity index (χ1) is 11.2. The monoisotopic (exact) mass is 322 g/mol. The lowest BCUT2D eigenvalue weighted by molar-refractivity contribution is -0.150. The van der Waals surface area contributed by atoms with Crippen molar-refractivity contribution >= 4 is 5.97 Å². The third-order valence-electron chi connectivity index (χ3n) is 3.46.